The summed E-state index contributed by atoms with van der Waals surface area (Å²) in [6.45, 7) is 1.37. The van der Waals surface area contributed by atoms with Gasteiger partial charge in [-0.1, -0.05) is 18.2 Å². The first-order valence-electron chi connectivity index (χ1n) is 11.5. The highest BCUT2D eigenvalue weighted by atomic mass is 19.1. The Bertz CT molecular complexity index is 1330. The van der Waals surface area contributed by atoms with Crippen molar-refractivity contribution in [1.82, 2.24) is 19.9 Å². The number of hydrogen-bond acceptors (Lipinski definition) is 6. The third-order valence-corrected chi connectivity index (χ3v) is 6.16. The summed E-state index contributed by atoms with van der Waals surface area (Å²) in [6.07, 6.45) is 6.68. The molecule has 1 aliphatic rings. The third-order valence-electron chi connectivity index (χ3n) is 6.16. The highest BCUT2D eigenvalue weighted by molar-refractivity contribution is 5.91. The van der Waals surface area contributed by atoms with E-state index in [-0.39, 0.29) is 23.4 Å². The summed E-state index contributed by atoms with van der Waals surface area (Å²) in [4.78, 5) is 28.5. The maximum Gasteiger partial charge on any atom is 0.289 e. The second-order valence-corrected chi connectivity index (χ2v) is 8.50. The molecule has 1 aliphatic heterocycles. The fraction of sp³-hybridized carbons (Fsp3) is 0.259. The first kappa shape index (κ1) is 22.9. The lowest BCUT2D eigenvalue weighted by molar-refractivity contribution is 0.0666. The molecule has 8 heteroatoms. The number of pyridine rings is 1. The van der Waals surface area contributed by atoms with Crippen LogP contribution in [0.1, 0.15) is 40.8 Å². The number of nitrogens with zero attached hydrogens (tertiary/aromatic N) is 4. The fourth-order valence-electron chi connectivity index (χ4n) is 4.48. The fourth-order valence-corrected chi connectivity index (χ4v) is 4.48. The topological polar surface area (TPSA) is 81.4 Å². The molecule has 4 heterocycles. The van der Waals surface area contributed by atoms with E-state index < -0.39 is 0 Å². The van der Waals surface area contributed by atoms with Gasteiger partial charge in [0.1, 0.15) is 18.2 Å². The molecule has 1 fully saturated rings. The van der Waals surface area contributed by atoms with Crippen LogP contribution in [0, 0.1) is 5.82 Å². The minimum Gasteiger partial charge on any atom is -0.453 e. The zero-order valence-electron chi connectivity index (χ0n) is 19.4. The van der Waals surface area contributed by atoms with Crippen LogP contribution in [0.25, 0.3) is 22.5 Å². The standard InChI is InChI=1S/C27H25FN4O3/c1-34-17-20-10-11-24(35-20)27(33)32-13-5-7-19(16-32)25-22(21-8-2-3-9-23(21)28)15-30-26(31-25)18-6-4-12-29-14-18/h2-4,6,8-12,14-15,19H,5,7,13,16-17H2,1H3. The number of hydrogen-bond donors (Lipinski definition) is 0. The normalized spacial score (nSPS) is 15.8. The van der Waals surface area contributed by atoms with Gasteiger partial charge in [-0.2, -0.15) is 0 Å². The van der Waals surface area contributed by atoms with Gasteiger partial charge in [-0.15, -0.1) is 0 Å². The molecule has 1 atom stereocenters. The van der Waals surface area contributed by atoms with Gasteiger partial charge >= 0.3 is 0 Å². The van der Waals surface area contributed by atoms with Gasteiger partial charge in [-0.25, -0.2) is 14.4 Å². The first-order chi connectivity index (χ1) is 17.1. The summed E-state index contributed by atoms with van der Waals surface area (Å²) >= 11 is 0. The molecule has 1 unspecified atom stereocenters. The number of rotatable bonds is 6. The number of amides is 1. The Hall–Kier alpha value is -3.91. The van der Waals surface area contributed by atoms with Crippen LogP contribution >= 0.6 is 0 Å². The molecule has 35 heavy (non-hydrogen) atoms. The third kappa shape index (κ3) is 4.83. The quantitative estimate of drug-likeness (QED) is 0.388. The van der Waals surface area contributed by atoms with Gasteiger partial charge in [0, 0.05) is 61.4 Å². The average molecular weight is 473 g/mol. The van der Waals surface area contributed by atoms with Crippen molar-refractivity contribution < 1.29 is 18.3 Å². The van der Waals surface area contributed by atoms with E-state index >= 15 is 0 Å². The lowest BCUT2D eigenvalue weighted by Gasteiger charge is -2.33. The summed E-state index contributed by atoms with van der Waals surface area (Å²) in [6, 6.07) is 13.8. The SMILES string of the molecule is COCc1ccc(C(=O)N2CCCC(c3nc(-c4cccnc4)ncc3-c3ccccc3F)C2)o1. The first-order valence-corrected chi connectivity index (χ1v) is 11.5. The number of carbonyl (C=O) groups is 1. The van der Waals surface area contributed by atoms with Crippen LogP contribution in [0.4, 0.5) is 4.39 Å². The maximum atomic E-state index is 14.8. The van der Waals surface area contributed by atoms with Crippen LogP contribution in [0.5, 0.6) is 0 Å². The number of halogens is 1. The number of aromatic nitrogens is 3. The van der Waals surface area contributed by atoms with Crippen molar-refractivity contribution >= 4 is 5.91 Å². The molecular formula is C27H25FN4O3. The molecule has 0 radical (unpaired) electrons. The number of piperidine rings is 1. The zero-order valence-corrected chi connectivity index (χ0v) is 19.4. The number of benzene rings is 1. The Morgan fingerprint density at radius 3 is 2.83 bits per heavy atom. The Kier molecular flexibility index (Phi) is 6.63. The number of methoxy groups -OCH3 is 1. The van der Waals surface area contributed by atoms with E-state index in [1.165, 1.54) is 6.07 Å². The van der Waals surface area contributed by atoms with E-state index in [9.17, 15) is 9.18 Å². The molecule has 4 aromatic rings. The van der Waals surface area contributed by atoms with Crippen LogP contribution in [-0.2, 0) is 11.3 Å². The summed E-state index contributed by atoms with van der Waals surface area (Å²) in [5.41, 5.74) is 2.58. The van der Waals surface area contributed by atoms with E-state index in [0.29, 0.717) is 42.4 Å². The van der Waals surface area contributed by atoms with E-state index in [1.807, 2.05) is 12.1 Å². The number of likely N-dealkylation sites (tertiary alicyclic amines) is 1. The van der Waals surface area contributed by atoms with Crippen molar-refractivity contribution in [2.24, 2.45) is 0 Å². The molecule has 0 N–H and O–H groups in total. The van der Waals surface area contributed by atoms with Crippen molar-refractivity contribution in [3.05, 3.63) is 90.2 Å². The summed E-state index contributed by atoms with van der Waals surface area (Å²) in [5.74, 6) is 0.803. The second-order valence-electron chi connectivity index (χ2n) is 8.50. The molecular weight excluding hydrogens is 447 g/mol. The molecule has 0 bridgehead atoms. The lowest BCUT2D eigenvalue weighted by Crippen LogP contribution is -2.39. The lowest BCUT2D eigenvalue weighted by atomic mass is 9.89. The van der Waals surface area contributed by atoms with Gasteiger partial charge < -0.3 is 14.1 Å². The summed E-state index contributed by atoms with van der Waals surface area (Å²) in [7, 11) is 1.58. The van der Waals surface area contributed by atoms with Crippen molar-refractivity contribution in [1.29, 1.82) is 0 Å². The number of furan rings is 1. The molecule has 3 aromatic heterocycles. The summed E-state index contributed by atoms with van der Waals surface area (Å²) < 4.78 is 25.5. The number of carbonyl (C=O) groups excluding carboxylic acids is 1. The average Bonchev–Trinajstić information content (AvgIpc) is 3.38. The Morgan fingerprint density at radius 2 is 2.03 bits per heavy atom. The van der Waals surface area contributed by atoms with Crippen LogP contribution in [0.15, 0.2) is 71.5 Å². The Balaban J connectivity index is 1.50. The van der Waals surface area contributed by atoms with Crippen LogP contribution in [0.3, 0.4) is 0 Å². The second kappa shape index (κ2) is 10.1. The van der Waals surface area contributed by atoms with E-state index in [0.717, 1.165) is 24.1 Å². The van der Waals surface area contributed by atoms with Gasteiger partial charge in [-0.3, -0.25) is 9.78 Å². The summed E-state index contributed by atoms with van der Waals surface area (Å²) in [5, 5.41) is 0. The molecule has 7 nitrogen and oxygen atoms in total. The van der Waals surface area contributed by atoms with Crippen LogP contribution < -0.4 is 0 Å². The monoisotopic (exact) mass is 472 g/mol. The minimum atomic E-state index is -0.337. The molecule has 0 saturated carbocycles. The molecule has 0 aliphatic carbocycles. The predicted molar refractivity (Wildman–Crippen MR) is 128 cm³/mol. The van der Waals surface area contributed by atoms with Crippen molar-refractivity contribution in [3.8, 4) is 22.5 Å². The highest BCUT2D eigenvalue weighted by Gasteiger charge is 2.30. The van der Waals surface area contributed by atoms with E-state index in [2.05, 4.69) is 9.97 Å². The molecule has 1 amide bonds. The van der Waals surface area contributed by atoms with Gasteiger partial charge in [0.25, 0.3) is 5.91 Å². The molecule has 0 spiro atoms. The molecule has 1 aromatic carbocycles. The molecule has 1 saturated heterocycles. The molecule has 178 valence electrons. The van der Waals surface area contributed by atoms with E-state index in [1.54, 1.807) is 60.9 Å². The van der Waals surface area contributed by atoms with E-state index in [4.69, 9.17) is 14.1 Å². The largest absolute Gasteiger partial charge is 0.453 e. The van der Waals surface area contributed by atoms with Crippen molar-refractivity contribution in [3.63, 3.8) is 0 Å². The van der Waals surface area contributed by atoms with Gasteiger partial charge in [0.15, 0.2) is 11.6 Å². The smallest absolute Gasteiger partial charge is 0.289 e. The van der Waals surface area contributed by atoms with Crippen molar-refractivity contribution in [2.45, 2.75) is 25.4 Å². The predicted octanol–water partition coefficient (Wildman–Crippen LogP) is 5.10. The molecule has 5 rings (SSSR count). The maximum absolute atomic E-state index is 14.8. The Labute approximate surface area is 202 Å². The van der Waals surface area contributed by atoms with Crippen molar-refractivity contribution in [2.75, 3.05) is 20.2 Å². The van der Waals surface area contributed by atoms with Crippen LogP contribution in [-0.4, -0.2) is 46.0 Å². The van der Waals surface area contributed by atoms with Crippen LogP contribution in [0.2, 0.25) is 0 Å². The minimum absolute atomic E-state index is 0.0888. The zero-order chi connectivity index (χ0) is 24.2. The number of ether oxygens (including phenoxy) is 1. The van der Waals surface area contributed by atoms with Gasteiger partial charge in [0.05, 0.1) is 5.69 Å². The Morgan fingerprint density at radius 1 is 1.14 bits per heavy atom. The highest BCUT2D eigenvalue weighted by Crippen LogP contribution is 2.35. The van der Waals surface area contributed by atoms with Gasteiger partial charge in [-0.05, 0) is 43.2 Å². The van der Waals surface area contributed by atoms with Gasteiger partial charge in [0.2, 0.25) is 0 Å².